The molecule has 0 fully saturated rings. The predicted octanol–water partition coefficient (Wildman–Crippen LogP) is -0.146. The monoisotopic (exact) mass is 310 g/mol. The molecule has 3 nitrogen and oxygen atoms in total. The van der Waals surface area contributed by atoms with Crippen molar-refractivity contribution in [2.45, 2.75) is 0 Å². The van der Waals surface area contributed by atoms with E-state index in [4.69, 9.17) is 28.9 Å². The number of pyridine rings is 1. The zero-order chi connectivity index (χ0) is 12.6. The van der Waals surface area contributed by atoms with E-state index in [1.165, 1.54) is 24.3 Å². The quantitative estimate of drug-likeness (QED) is 0.589. The molecule has 0 radical (unpaired) electrons. The molecule has 0 saturated heterocycles. The van der Waals surface area contributed by atoms with Crippen molar-refractivity contribution in [1.82, 2.24) is 4.98 Å². The van der Waals surface area contributed by atoms with Gasteiger partial charge in [0, 0.05) is 5.56 Å². The number of aromatic nitrogens is 1. The van der Waals surface area contributed by atoms with Crippen LogP contribution in [-0.4, -0.2) is 4.98 Å². The van der Waals surface area contributed by atoms with Crippen molar-refractivity contribution in [2.75, 3.05) is 5.73 Å². The van der Waals surface area contributed by atoms with Gasteiger partial charge in [0.25, 0.3) is 0 Å². The van der Waals surface area contributed by atoms with Gasteiger partial charge in [-0.05, 0) is 0 Å². The molecule has 0 bridgehead atoms. The molecule has 0 unspecified atom stereocenters. The first-order chi connectivity index (χ1) is 8.00. The summed E-state index contributed by atoms with van der Waals surface area (Å²) in [4.78, 5) is 3.62. The number of hydrogen-bond acceptors (Lipinski definition) is 3. The molecule has 0 atom stereocenters. The normalized spacial score (nSPS) is 9.94. The van der Waals surface area contributed by atoms with E-state index in [1.807, 2.05) is 0 Å². The first-order valence-electron chi connectivity index (χ1n) is 4.58. The van der Waals surface area contributed by atoms with Crippen LogP contribution < -0.4 is 62.2 Å². The number of nitrogens with two attached hydrogens (primary N) is 1. The molecule has 2 N–H and O–H groups in total. The van der Waals surface area contributed by atoms with Crippen molar-refractivity contribution in [1.29, 1.82) is 0 Å². The number of benzene rings is 1. The Balaban J connectivity index is 0.00000162. The van der Waals surface area contributed by atoms with E-state index in [0.29, 0.717) is 5.56 Å². The van der Waals surface area contributed by atoms with Gasteiger partial charge in [-0.2, -0.15) is 4.39 Å². The third kappa shape index (κ3) is 3.16. The number of anilines is 1. The zero-order valence-electron chi connectivity index (χ0n) is 9.38. The third-order valence-electron chi connectivity index (χ3n) is 2.20. The smallest absolute Gasteiger partial charge is 0.872 e. The average molecular weight is 311 g/mol. The molecule has 0 saturated carbocycles. The maximum atomic E-state index is 13.3. The Morgan fingerprint density at radius 1 is 1.11 bits per heavy atom. The number of hydrogen-bond donors (Lipinski definition) is 1. The summed E-state index contributed by atoms with van der Waals surface area (Å²) in [5, 5.41) is 10.7. The Hall–Kier alpha value is 0.116. The van der Waals surface area contributed by atoms with Crippen molar-refractivity contribution in [3.8, 4) is 17.0 Å². The van der Waals surface area contributed by atoms with Gasteiger partial charge >= 0.3 is 51.4 Å². The fourth-order valence-electron chi connectivity index (χ4n) is 1.34. The first-order valence-corrected chi connectivity index (χ1v) is 5.33. The van der Waals surface area contributed by atoms with Crippen LogP contribution in [0.3, 0.4) is 0 Å². The van der Waals surface area contributed by atoms with Gasteiger partial charge in [-0.1, -0.05) is 47.5 Å². The van der Waals surface area contributed by atoms with Crippen molar-refractivity contribution in [2.24, 2.45) is 0 Å². The number of nitrogen functional groups attached to an aromatic ring is 1. The summed E-state index contributed by atoms with van der Waals surface area (Å²) in [5.74, 6) is -1.05. The summed E-state index contributed by atoms with van der Waals surface area (Å²) in [6, 6.07) is 5.64. The first kappa shape index (κ1) is 16.2. The minimum Gasteiger partial charge on any atom is -0.872 e. The summed E-state index contributed by atoms with van der Waals surface area (Å²) in [6.45, 7) is 0. The molecule has 7 heteroatoms. The predicted molar refractivity (Wildman–Crippen MR) is 63.5 cm³/mol. The van der Waals surface area contributed by atoms with Gasteiger partial charge in [0.15, 0.2) is 0 Å². The van der Waals surface area contributed by atoms with Gasteiger partial charge in [-0.15, -0.1) is 5.75 Å². The van der Waals surface area contributed by atoms with E-state index in [9.17, 15) is 9.50 Å². The summed E-state index contributed by atoms with van der Waals surface area (Å²) in [5.41, 5.74) is 6.13. The molecular formula is C11H6Cl2FKN2O. The molecule has 0 aliphatic carbocycles. The van der Waals surface area contributed by atoms with E-state index in [-0.39, 0.29) is 78.6 Å². The third-order valence-corrected chi connectivity index (χ3v) is 2.94. The zero-order valence-corrected chi connectivity index (χ0v) is 14.0. The summed E-state index contributed by atoms with van der Waals surface area (Å²) in [6.07, 6.45) is 0. The van der Waals surface area contributed by atoms with Gasteiger partial charge < -0.3 is 10.8 Å². The molecular weight excluding hydrogens is 305 g/mol. The fraction of sp³-hybridized carbons (Fsp3) is 0. The largest absolute Gasteiger partial charge is 1.00 e. The van der Waals surface area contributed by atoms with E-state index in [0.717, 1.165) is 0 Å². The maximum Gasteiger partial charge on any atom is 1.00 e. The molecule has 0 spiro atoms. The van der Waals surface area contributed by atoms with Crippen LogP contribution in [-0.2, 0) is 0 Å². The molecule has 0 aliphatic rings. The van der Waals surface area contributed by atoms with Crippen LogP contribution in [0.1, 0.15) is 0 Å². The molecule has 2 aromatic rings. The molecule has 0 aliphatic heterocycles. The molecule has 1 heterocycles. The van der Waals surface area contributed by atoms with Gasteiger partial charge in [-0.25, -0.2) is 4.98 Å². The van der Waals surface area contributed by atoms with Crippen LogP contribution in [0, 0.1) is 5.95 Å². The van der Waals surface area contributed by atoms with Crippen LogP contribution in [0.4, 0.5) is 10.1 Å². The van der Waals surface area contributed by atoms with Crippen LogP contribution in [0.15, 0.2) is 24.3 Å². The summed E-state index contributed by atoms with van der Waals surface area (Å²) in [7, 11) is 0. The van der Waals surface area contributed by atoms with Gasteiger partial charge in [0.05, 0.1) is 16.4 Å². The molecule has 18 heavy (non-hydrogen) atoms. The van der Waals surface area contributed by atoms with Crippen molar-refractivity contribution in [3.05, 3.63) is 40.3 Å². The average Bonchev–Trinajstić information content (AvgIpc) is 2.32. The van der Waals surface area contributed by atoms with Gasteiger partial charge in [-0.3, -0.25) is 0 Å². The summed E-state index contributed by atoms with van der Waals surface area (Å²) >= 11 is 11.5. The van der Waals surface area contributed by atoms with Crippen LogP contribution in [0.2, 0.25) is 10.0 Å². The molecule has 2 rings (SSSR count). The van der Waals surface area contributed by atoms with Crippen LogP contribution >= 0.6 is 23.2 Å². The molecule has 1 aromatic heterocycles. The van der Waals surface area contributed by atoms with Crippen molar-refractivity contribution in [3.63, 3.8) is 0 Å². The Morgan fingerprint density at radius 3 is 2.22 bits per heavy atom. The van der Waals surface area contributed by atoms with Crippen molar-refractivity contribution >= 4 is 28.9 Å². The molecule has 88 valence electrons. The molecule has 1 aromatic carbocycles. The number of rotatable bonds is 1. The molecule has 0 amide bonds. The second-order valence-corrected chi connectivity index (χ2v) is 4.07. The second-order valence-electron chi connectivity index (χ2n) is 3.32. The van der Waals surface area contributed by atoms with Crippen molar-refractivity contribution < 1.29 is 60.9 Å². The maximum absolute atomic E-state index is 13.3. The Morgan fingerprint density at radius 2 is 1.67 bits per heavy atom. The minimum absolute atomic E-state index is 0. The van der Waals surface area contributed by atoms with Gasteiger partial charge in [0.2, 0.25) is 5.95 Å². The SMILES string of the molecule is Nc1c(Cl)c(F)nc(-c2ccc([O-])cc2)c1Cl.[K+]. The van der Waals surface area contributed by atoms with Crippen LogP contribution in [0.25, 0.3) is 11.3 Å². The van der Waals surface area contributed by atoms with E-state index in [1.54, 1.807) is 0 Å². The standard InChI is InChI=1S/C11H7Cl2FN2O.K/c12-7-9(15)8(13)11(14)16-10(7)5-1-3-6(17)4-2-5;/h1-4,17H,(H2,15,16);/q;+1/p-1. The fourth-order valence-corrected chi connectivity index (χ4v) is 1.77. The number of nitrogens with zero attached hydrogens (tertiary/aromatic N) is 1. The summed E-state index contributed by atoms with van der Waals surface area (Å²) < 4.78 is 13.3. The topological polar surface area (TPSA) is 62.0 Å². The minimum atomic E-state index is -0.894. The van der Waals surface area contributed by atoms with E-state index in [2.05, 4.69) is 4.98 Å². The van der Waals surface area contributed by atoms with E-state index >= 15 is 0 Å². The Bertz CT molecular complexity index is 578. The Labute approximate surface area is 156 Å². The Kier molecular flexibility index (Phi) is 5.86. The van der Waals surface area contributed by atoms with Crippen LogP contribution in [0.5, 0.6) is 5.75 Å². The van der Waals surface area contributed by atoms with E-state index < -0.39 is 5.95 Å². The van der Waals surface area contributed by atoms with Gasteiger partial charge in [0.1, 0.15) is 5.02 Å². The second kappa shape index (κ2) is 6.52. The number of halogens is 3.